The average molecular weight is 250 g/mol. The molecule has 1 N–H and O–H groups in total. The summed E-state index contributed by atoms with van der Waals surface area (Å²) in [5.74, 6) is 0.488. The van der Waals surface area contributed by atoms with Gasteiger partial charge in [-0.3, -0.25) is 0 Å². The molecule has 1 aromatic rings. The van der Waals surface area contributed by atoms with Crippen molar-refractivity contribution in [3.63, 3.8) is 0 Å². The first kappa shape index (κ1) is 13.5. The summed E-state index contributed by atoms with van der Waals surface area (Å²) in [4.78, 5) is 0. The van der Waals surface area contributed by atoms with Crippen molar-refractivity contribution in [2.45, 2.75) is 32.0 Å². The Morgan fingerprint density at radius 1 is 1.39 bits per heavy atom. The second-order valence-corrected chi connectivity index (χ2v) is 4.87. The minimum Gasteiger partial charge on any atom is -0.386 e. The molecule has 18 heavy (non-hydrogen) atoms. The smallest absolute Gasteiger partial charge is 0.105 e. The highest BCUT2D eigenvalue weighted by Crippen LogP contribution is 2.23. The molecule has 2 rings (SSSR count). The van der Waals surface area contributed by atoms with Gasteiger partial charge in [0, 0.05) is 12.5 Å². The van der Waals surface area contributed by atoms with E-state index in [1.54, 1.807) is 0 Å². The van der Waals surface area contributed by atoms with E-state index >= 15 is 0 Å². The van der Waals surface area contributed by atoms with Gasteiger partial charge in [-0.05, 0) is 18.4 Å². The lowest BCUT2D eigenvalue weighted by atomic mass is 10.0. The van der Waals surface area contributed by atoms with E-state index in [1.807, 2.05) is 37.3 Å². The van der Waals surface area contributed by atoms with E-state index in [1.165, 1.54) is 0 Å². The Balaban J connectivity index is 1.87. The van der Waals surface area contributed by atoms with Gasteiger partial charge < -0.3 is 14.6 Å². The summed E-state index contributed by atoms with van der Waals surface area (Å²) in [6.45, 7) is 4.36. The molecule has 3 heteroatoms. The van der Waals surface area contributed by atoms with Crippen molar-refractivity contribution < 1.29 is 14.6 Å². The molecule has 0 spiro atoms. The molecule has 1 fully saturated rings. The monoisotopic (exact) mass is 250 g/mol. The zero-order chi connectivity index (χ0) is 12.8. The highest BCUT2D eigenvalue weighted by molar-refractivity contribution is 5.18. The molecule has 0 amide bonds. The summed E-state index contributed by atoms with van der Waals surface area (Å²) in [6.07, 6.45) is 1.20. The summed E-state index contributed by atoms with van der Waals surface area (Å²) < 4.78 is 11.2. The Labute approximate surface area is 109 Å². The summed E-state index contributed by atoms with van der Waals surface area (Å²) >= 11 is 0. The first-order valence-corrected chi connectivity index (χ1v) is 6.73. The summed E-state index contributed by atoms with van der Waals surface area (Å²) in [5, 5.41) is 10.3. The van der Waals surface area contributed by atoms with Gasteiger partial charge in [0.25, 0.3) is 0 Å². The van der Waals surface area contributed by atoms with Crippen molar-refractivity contribution in [1.82, 2.24) is 0 Å². The minimum atomic E-state index is -0.543. The van der Waals surface area contributed by atoms with Crippen LogP contribution in [0.1, 0.15) is 31.4 Å². The van der Waals surface area contributed by atoms with Crippen LogP contribution in [0.4, 0.5) is 0 Å². The molecule has 0 radical (unpaired) electrons. The fourth-order valence-electron chi connectivity index (χ4n) is 2.27. The van der Waals surface area contributed by atoms with Gasteiger partial charge in [-0.1, -0.05) is 37.3 Å². The summed E-state index contributed by atoms with van der Waals surface area (Å²) in [6, 6.07) is 9.71. The maximum atomic E-state index is 10.3. The predicted molar refractivity (Wildman–Crippen MR) is 70.4 cm³/mol. The third-order valence-corrected chi connectivity index (χ3v) is 3.47. The fraction of sp³-hybridized carbons (Fsp3) is 0.600. The number of benzene rings is 1. The van der Waals surface area contributed by atoms with Crippen LogP contribution < -0.4 is 0 Å². The van der Waals surface area contributed by atoms with E-state index in [4.69, 9.17) is 9.47 Å². The third-order valence-electron chi connectivity index (χ3n) is 3.47. The number of hydrogen-bond donors (Lipinski definition) is 1. The van der Waals surface area contributed by atoms with Crippen molar-refractivity contribution in [2.75, 3.05) is 19.8 Å². The number of ether oxygens (including phenoxy) is 2. The molecule has 3 atom stereocenters. The first-order chi connectivity index (χ1) is 8.81. The molecule has 100 valence electrons. The summed E-state index contributed by atoms with van der Waals surface area (Å²) in [7, 11) is 0. The van der Waals surface area contributed by atoms with Gasteiger partial charge in [0.15, 0.2) is 0 Å². The van der Waals surface area contributed by atoms with Crippen LogP contribution in [0.2, 0.25) is 0 Å². The lowest BCUT2D eigenvalue weighted by molar-refractivity contribution is -0.0530. The topological polar surface area (TPSA) is 38.7 Å². The van der Waals surface area contributed by atoms with E-state index in [2.05, 4.69) is 0 Å². The quantitative estimate of drug-likeness (QED) is 0.843. The van der Waals surface area contributed by atoms with Gasteiger partial charge in [0.1, 0.15) is 6.10 Å². The molecule has 0 aromatic heterocycles. The average Bonchev–Trinajstić information content (AvgIpc) is 2.93. The van der Waals surface area contributed by atoms with Crippen LogP contribution in [0.15, 0.2) is 30.3 Å². The van der Waals surface area contributed by atoms with Crippen molar-refractivity contribution >= 4 is 0 Å². The van der Waals surface area contributed by atoms with Crippen molar-refractivity contribution in [1.29, 1.82) is 0 Å². The second kappa shape index (κ2) is 6.88. The minimum absolute atomic E-state index is 0.131. The number of rotatable bonds is 6. The molecule has 1 aliphatic heterocycles. The standard InChI is InChI=1S/C15H22O3/c1-2-14(18-11-12-8-9-17-10-12)15(16)13-6-4-3-5-7-13/h3-7,12,14-16H,2,8-11H2,1H3. The third kappa shape index (κ3) is 3.55. The van der Waals surface area contributed by atoms with Crippen LogP contribution >= 0.6 is 0 Å². The predicted octanol–water partition coefficient (Wildman–Crippen LogP) is 2.55. The maximum absolute atomic E-state index is 10.3. The molecular formula is C15H22O3. The molecule has 1 heterocycles. The van der Waals surface area contributed by atoms with Crippen molar-refractivity contribution in [2.24, 2.45) is 5.92 Å². The lowest BCUT2D eigenvalue weighted by Crippen LogP contribution is -2.24. The fourth-order valence-corrected chi connectivity index (χ4v) is 2.27. The molecule has 0 bridgehead atoms. The van der Waals surface area contributed by atoms with Gasteiger partial charge in [-0.2, -0.15) is 0 Å². The highest BCUT2D eigenvalue weighted by atomic mass is 16.5. The molecule has 0 saturated carbocycles. The first-order valence-electron chi connectivity index (χ1n) is 6.73. The van der Waals surface area contributed by atoms with E-state index in [0.717, 1.165) is 31.6 Å². The molecule has 1 aromatic carbocycles. The van der Waals surface area contributed by atoms with E-state index in [-0.39, 0.29) is 6.10 Å². The number of aliphatic hydroxyl groups excluding tert-OH is 1. The number of hydrogen-bond acceptors (Lipinski definition) is 3. The van der Waals surface area contributed by atoms with E-state index in [9.17, 15) is 5.11 Å². The maximum Gasteiger partial charge on any atom is 0.105 e. The highest BCUT2D eigenvalue weighted by Gasteiger charge is 2.23. The molecule has 1 aliphatic rings. The molecule has 3 unspecified atom stereocenters. The van der Waals surface area contributed by atoms with Crippen LogP contribution in [0, 0.1) is 5.92 Å². The van der Waals surface area contributed by atoms with Crippen molar-refractivity contribution in [3.05, 3.63) is 35.9 Å². The van der Waals surface area contributed by atoms with Crippen LogP contribution in [-0.2, 0) is 9.47 Å². The molecule has 1 saturated heterocycles. The zero-order valence-corrected chi connectivity index (χ0v) is 10.9. The number of aliphatic hydroxyl groups is 1. The van der Waals surface area contributed by atoms with Crippen molar-refractivity contribution in [3.8, 4) is 0 Å². The Kier molecular flexibility index (Phi) is 5.17. The van der Waals surface area contributed by atoms with Gasteiger partial charge >= 0.3 is 0 Å². The zero-order valence-electron chi connectivity index (χ0n) is 10.9. The normalized spacial score (nSPS) is 22.9. The Morgan fingerprint density at radius 2 is 2.17 bits per heavy atom. The second-order valence-electron chi connectivity index (χ2n) is 4.87. The van der Waals surface area contributed by atoms with Gasteiger partial charge in [0.05, 0.1) is 19.3 Å². The van der Waals surface area contributed by atoms with Gasteiger partial charge in [-0.25, -0.2) is 0 Å². The molecule has 3 nitrogen and oxygen atoms in total. The summed E-state index contributed by atoms with van der Waals surface area (Å²) in [5.41, 5.74) is 0.923. The van der Waals surface area contributed by atoms with Gasteiger partial charge in [0.2, 0.25) is 0 Å². The lowest BCUT2D eigenvalue weighted by Gasteiger charge is -2.23. The van der Waals surface area contributed by atoms with Crippen LogP contribution in [0.3, 0.4) is 0 Å². The van der Waals surface area contributed by atoms with E-state index < -0.39 is 6.10 Å². The SMILES string of the molecule is CCC(OCC1CCOC1)C(O)c1ccccc1. The molecule has 0 aliphatic carbocycles. The molecular weight excluding hydrogens is 228 g/mol. The largest absolute Gasteiger partial charge is 0.386 e. The van der Waals surface area contributed by atoms with Gasteiger partial charge in [-0.15, -0.1) is 0 Å². The van der Waals surface area contributed by atoms with Crippen LogP contribution in [0.25, 0.3) is 0 Å². The van der Waals surface area contributed by atoms with E-state index in [0.29, 0.717) is 12.5 Å². The Bertz CT molecular complexity index is 333. The Morgan fingerprint density at radius 3 is 2.78 bits per heavy atom. The van der Waals surface area contributed by atoms with Crippen LogP contribution in [-0.4, -0.2) is 31.0 Å². The van der Waals surface area contributed by atoms with Crippen LogP contribution in [0.5, 0.6) is 0 Å². The Hall–Kier alpha value is -0.900.